The molecule has 1 aromatic rings. The van der Waals surface area contributed by atoms with Crippen LogP contribution >= 0.6 is 11.8 Å². The van der Waals surface area contributed by atoms with E-state index in [4.69, 9.17) is 4.74 Å². The number of benzene rings is 1. The lowest BCUT2D eigenvalue weighted by molar-refractivity contribution is -0.155. The number of fused-ring (bicyclic) bond motifs is 1. The molecule has 3 aliphatic heterocycles. The SMILES string of the molecule is C=CCCCOC(=O)[C@@H]1[C@@H]2CCC3(S2)C(C(=O)N(CC=C)Cc2ccccc2)N([C@@H](CO)C(C)C)C(=O)[C@H]13. The third-order valence-electron chi connectivity index (χ3n) is 8.23. The molecule has 1 spiro atoms. The van der Waals surface area contributed by atoms with Crippen molar-refractivity contribution >= 4 is 29.5 Å². The van der Waals surface area contributed by atoms with Crippen LogP contribution in [0.25, 0.3) is 0 Å². The average molecular weight is 541 g/mol. The van der Waals surface area contributed by atoms with E-state index in [0.717, 1.165) is 18.4 Å². The molecule has 3 saturated heterocycles. The van der Waals surface area contributed by atoms with E-state index in [-0.39, 0.29) is 42.2 Å². The van der Waals surface area contributed by atoms with Gasteiger partial charge in [0.2, 0.25) is 11.8 Å². The molecule has 0 saturated carbocycles. The molecule has 0 aliphatic carbocycles. The Morgan fingerprint density at radius 3 is 2.63 bits per heavy atom. The van der Waals surface area contributed by atoms with E-state index >= 15 is 0 Å². The summed E-state index contributed by atoms with van der Waals surface area (Å²) < 4.78 is 4.92. The van der Waals surface area contributed by atoms with Gasteiger partial charge in [-0.05, 0) is 37.2 Å². The molecule has 7 nitrogen and oxygen atoms in total. The van der Waals surface area contributed by atoms with Crippen molar-refractivity contribution in [3.8, 4) is 0 Å². The molecule has 0 radical (unpaired) electrons. The van der Waals surface area contributed by atoms with E-state index in [2.05, 4.69) is 13.2 Å². The molecule has 1 aromatic carbocycles. The number of unbranched alkanes of at least 4 members (excludes halogenated alkanes) is 1. The van der Waals surface area contributed by atoms with Gasteiger partial charge in [0, 0.05) is 18.3 Å². The quantitative estimate of drug-likeness (QED) is 0.233. The Morgan fingerprint density at radius 2 is 2.00 bits per heavy atom. The standard InChI is InChI=1S/C30H40N2O5S/c1-5-7-11-17-37-29(36)24-23-14-15-30(38-23)25(24)27(34)32(22(19-33)20(3)4)26(30)28(35)31(16-6-2)18-21-12-9-8-10-13-21/h5-6,8-10,12-13,20,22-26,33H,1-2,7,11,14-19H2,3-4H3/t22-,23-,24+,25-,26?,30?/m0/s1. The summed E-state index contributed by atoms with van der Waals surface area (Å²) in [6, 6.07) is 8.46. The van der Waals surface area contributed by atoms with Crippen LogP contribution in [0.2, 0.25) is 0 Å². The number of esters is 1. The Labute approximate surface area is 230 Å². The third kappa shape index (κ3) is 5.05. The Hall–Kier alpha value is -2.58. The maximum Gasteiger partial charge on any atom is 0.310 e. The number of carbonyl (C=O) groups is 3. The van der Waals surface area contributed by atoms with Crippen LogP contribution in [0.1, 0.15) is 45.1 Å². The number of amides is 2. The zero-order valence-electron chi connectivity index (χ0n) is 22.5. The first-order valence-corrected chi connectivity index (χ1v) is 14.5. The number of hydrogen-bond donors (Lipinski definition) is 1. The minimum atomic E-state index is -0.767. The summed E-state index contributed by atoms with van der Waals surface area (Å²) in [4.78, 5) is 45.4. The molecule has 0 aromatic heterocycles. The van der Waals surface area contributed by atoms with Gasteiger partial charge in [0.25, 0.3) is 0 Å². The van der Waals surface area contributed by atoms with Crippen molar-refractivity contribution < 1.29 is 24.2 Å². The monoisotopic (exact) mass is 540 g/mol. The summed E-state index contributed by atoms with van der Waals surface area (Å²) >= 11 is 1.62. The second kappa shape index (κ2) is 12.1. The molecule has 2 amide bonds. The van der Waals surface area contributed by atoms with Crippen molar-refractivity contribution in [3.63, 3.8) is 0 Å². The summed E-state index contributed by atoms with van der Waals surface area (Å²) in [5.74, 6) is -2.00. The molecule has 1 N–H and O–H groups in total. The Morgan fingerprint density at radius 1 is 1.26 bits per heavy atom. The minimum Gasteiger partial charge on any atom is -0.465 e. The highest BCUT2D eigenvalue weighted by atomic mass is 32.2. The molecule has 6 atom stereocenters. The minimum absolute atomic E-state index is 0.0538. The lowest BCUT2D eigenvalue weighted by Gasteiger charge is -2.40. The zero-order chi connectivity index (χ0) is 27.4. The first-order valence-electron chi connectivity index (χ1n) is 13.6. The lowest BCUT2D eigenvalue weighted by atomic mass is 9.71. The second-order valence-corrected chi connectivity index (χ2v) is 12.5. The highest BCUT2D eigenvalue weighted by Gasteiger charge is 2.74. The fourth-order valence-electron chi connectivity index (χ4n) is 6.48. The van der Waals surface area contributed by atoms with E-state index in [1.807, 2.05) is 44.2 Å². The average Bonchev–Trinajstić information content (AvgIpc) is 3.54. The number of aliphatic hydroxyl groups excluding tert-OH is 1. The molecule has 3 heterocycles. The number of likely N-dealkylation sites (tertiary alicyclic amines) is 1. The van der Waals surface area contributed by atoms with Crippen LogP contribution in [0, 0.1) is 17.8 Å². The number of allylic oxidation sites excluding steroid dienone is 1. The number of carbonyl (C=O) groups excluding carboxylic acids is 3. The van der Waals surface area contributed by atoms with E-state index in [0.29, 0.717) is 25.9 Å². The van der Waals surface area contributed by atoms with Gasteiger partial charge in [-0.1, -0.05) is 56.3 Å². The van der Waals surface area contributed by atoms with Gasteiger partial charge in [-0.15, -0.1) is 24.9 Å². The number of rotatable bonds is 13. The van der Waals surface area contributed by atoms with Crippen LogP contribution in [-0.2, 0) is 25.7 Å². The van der Waals surface area contributed by atoms with Crippen LogP contribution < -0.4 is 0 Å². The van der Waals surface area contributed by atoms with Crippen molar-refractivity contribution in [2.24, 2.45) is 17.8 Å². The van der Waals surface area contributed by atoms with Gasteiger partial charge in [-0.3, -0.25) is 14.4 Å². The zero-order valence-corrected chi connectivity index (χ0v) is 23.3. The molecular formula is C30H40N2O5S. The number of thioether (sulfide) groups is 1. The largest absolute Gasteiger partial charge is 0.465 e. The number of aliphatic hydroxyl groups is 1. The Bertz CT molecular complexity index is 1050. The highest BCUT2D eigenvalue weighted by molar-refractivity contribution is 8.02. The molecule has 2 unspecified atom stereocenters. The van der Waals surface area contributed by atoms with Gasteiger partial charge < -0.3 is 19.6 Å². The molecule has 3 aliphatic rings. The van der Waals surface area contributed by atoms with Crippen molar-refractivity contribution in [2.75, 3.05) is 19.8 Å². The first-order chi connectivity index (χ1) is 18.3. The third-order valence-corrected chi connectivity index (χ3v) is 10.2. The maximum absolute atomic E-state index is 14.4. The van der Waals surface area contributed by atoms with E-state index in [1.54, 1.807) is 33.7 Å². The van der Waals surface area contributed by atoms with E-state index in [9.17, 15) is 19.5 Å². The van der Waals surface area contributed by atoms with Crippen LogP contribution in [0.15, 0.2) is 55.6 Å². The van der Waals surface area contributed by atoms with Gasteiger partial charge in [-0.25, -0.2) is 0 Å². The van der Waals surface area contributed by atoms with Crippen LogP contribution in [0.4, 0.5) is 0 Å². The molecule has 3 fully saturated rings. The van der Waals surface area contributed by atoms with Crippen molar-refractivity contribution in [2.45, 2.75) is 68.2 Å². The highest BCUT2D eigenvalue weighted by Crippen LogP contribution is 2.67. The predicted molar refractivity (Wildman–Crippen MR) is 149 cm³/mol. The van der Waals surface area contributed by atoms with Crippen molar-refractivity contribution in [1.29, 1.82) is 0 Å². The number of ether oxygens (including phenoxy) is 1. The topological polar surface area (TPSA) is 87.2 Å². The maximum atomic E-state index is 14.4. The number of nitrogens with zero attached hydrogens (tertiary/aromatic N) is 2. The molecule has 2 bridgehead atoms. The van der Waals surface area contributed by atoms with Crippen LogP contribution in [-0.4, -0.2) is 74.5 Å². The normalized spacial score (nSPS) is 28.3. The van der Waals surface area contributed by atoms with Gasteiger partial charge in [0.15, 0.2) is 0 Å². The summed E-state index contributed by atoms with van der Waals surface area (Å²) in [6.07, 6.45) is 6.36. The molecular weight excluding hydrogens is 500 g/mol. The summed E-state index contributed by atoms with van der Waals surface area (Å²) in [6.45, 7) is 12.2. The summed E-state index contributed by atoms with van der Waals surface area (Å²) in [5, 5.41) is 10.3. The Balaban J connectivity index is 1.70. The predicted octanol–water partition coefficient (Wildman–Crippen LogP) is 3.82. The smallest absolute Gasteiger partial charge is 0.310 e. The summed E-state index contributed by atoms with van der Waals surface area (Å²) in [7, 11) is 0. The van der Waals surface area contributed by atoms with Gasteiger partial charge in [-0.2, -0.15) is 0 Å². The second-order valence-electron chi connectivity index (χ2n) is 10.9. The molecule has 8 heteroatoms. The van der Waals surface area contributed by atoms with E-state index in [1.165, 1.54) is 0 Å². The number of hydrogen-bond acceptors (Lipinski definition) is 6. The lowest BCUT2D eigenvalue weighted by Crippen LogP contribution is -2.58. The van der Waals surface area contributed by atoms with Gasteiger partial charge >= 0.3 is 5.97 Å². The van der Waals surface area contributed by atoms with Crippen molar-refractivity contribution in [3.05, 3.63) is 61.2 Å². The van der Waals surface area contributed by atoms with Gasteiger partial charge in [0.05, 0.1) is 35.8 Å². The molecule has 206 valence electrons. The fourth-order valence-corrected chi connectivity index (χ4v) is 8.66. The first kappa shape index (κ1) is 28.4. The fraction of sp³-hybridized carbons (Fsp3) is 0.567. The van der Waals surface area contributed by atoms with Gasteiger partial charge in [0.1, 0.15) is 6.04 Å². The molecule has 4 rings (SSSR count). The van der Waals surface area contributed by atoms with Crippen LogP contribution in [0.5, 0.6) is 0 Å². The Kier molecular flexibility index (Phi) is 9.04. The molecule has 38 heavy (non-hydrogen) atoms. The van der Waals surface area contributed by atoms with Crippen LogP contribution in [0.3, 0.4) is 0 Å². The summed E-state index contributed by atoms with van der Waals surface area (Å²) in [5.41, 5.74) is 0.986. The van der Waals surface area contributed by atoms with Crippen molar-refractivity contribution in [1.82, 2.24) is 9.80 Å². The van der Waals surface area contributed by atoms with E-state index < -0.39 is 28.7 Å².